The Morgan fingerprint density at radius 3 is 2.63 bits per heavy atom. The number of aliphatic hydroxyl groups excluding tert-OH is 1. The van der Waals surface area contributed by atoms with Gasteiger partial charge in [-0.25, -0.2) is 0 Å². The highest BCUT2D eigenvalue weighted by Crippen LogP contribution is 2.26. The predicted octanol–water partition coefficient (Wildman–Crippen LogP) is 2.72. The van der Waals surface area contributed by atoms with Gasteiger partial charge in [0.15, 0.2) is 0 Å². The summed E-state index contributed by atoms with van der Waals surface area (Å²) in [6, 6.07) is 15.1. The second kappa shape index (κ2) is 5.04. The summed E-state index contributed by atoms with van der Waals surface area (Å²) in [4.78, 5) is 10.1. The van der Waals surface area contributed by atoms with E-state index in [0.717, 1.165) is 16.9 Å². The van der Waals surface area contributed by atoms with Crippen molar-refractivity contribution in [2.45, 2.75) is 0 Å². The lowest BCUT2D eigenvalue weighted by Gasteiger charge is -2.22. The number of nitrogens with zero attached hydrogens (tertiary/aromatic N) is 3. The molecule has 0 aliphatic carbocycles. The van der Waals surface area contributed by atoms with Gasteiger partial charge in [0, 0.05) is 23.7 Å². The molecule has 4 heteroatoms. The van der Waals surface area contributed by atoms with Gasteiger partial charge in [-0.15, -0.1) is 0 Å². The highest BCUT2D eigenvalue weighted by Gasteiger charge is 2.08. The number of anilines is 2. The number of aromatic nitrogens is 2. The van der Waals surface area contributed by atoms with Crippen LogP contribution in [0.4, 0.5) is 11.4 Å². The van der Waals surface area contributed by atoms with Crippen LogP contribution in [0.5, 0.6) is 0 Å². The fourth-order valence-electron chi connectivity index (χ4n) is 2.00. The van der Waals surface area contributed by atoms with Gasteiger partial charge >= 0.3 is 0 Å². The summed E-state index contributed by atoms with van der Waals surface area (Å²) in [5, 5.41) is 9.61. The fraction of sp³-hybridized carbons (Fsp3) is 0.0667. The lowest BCUT2D eigenvalue weighted by atomic mass is 10.2. The van der Waals surface area contributed by atoms with Crippen LogP contribution >= 0.6 is 0 Å². The highest BCUT2D eigenvalue weighted by molar-refractivity contribution is 5.80. The summed E-state index contributed by atoms with van der Waals surface area (Å²) >= 11 is 0. The van der Waals surface area contributed by atoms with Crippen LogP contribution in [0.2, 0.25) is 0 Å². The Balaban J connectivity index is 2.08. The quantitative estimate of drug-likeness (QED) is 0.728. The topological polar surface area (TPSA) is 49.2 Å². The van der Waals surface area contributed by atoms with Gasteiger partial charge in [-0.05, 0) is 30.3 Å². The van der Waals surface area contributed by atoms with Crippen LogP contribution in [0, 0.1) is 0 Å². The molecule has 0 spiro atoms. The molecule has 0 aliphatic rings. The first-order valence-electron chi connectivity index (χ1n) is 6.45. The molecule has 0 bridgehead atoms. The number of benzene rings is 2. The average molecular weight is 252 g/mol. The Morgan fingerprint density at radius 1 is 1.00 bits per heavy atom. The molecule has 2 aromatic carbocycles. The molecule has 0 amide bonds. The maximum absolute atomic E-state index is 9.61. The molecule has 0 aliphatic heterocycles. The smallest absolute Gasteiger partial charge is 0.120 e. The summed E-state index contributed by atoms with van der Waals surface area (Å²) in [5.74, 6) is 0. The van der Waals surface area contributed by atoms with Crippen LogP contribution < -0.4 is 4.90 Å². The van der Waals surface area contributed by atoms with E-state index in [1.54, 1.807) is 4.90 Å². The Kier molecular flexibility index (Phi) is 2.77. The first kappa shape index (κ1) is 10.5. The van der Waals surface area contributed by atoms with E-state index in [2.05, 4.69) is 9.97 Å². The number of hydrogen-bond donors (Lipinski definition) is 1. The van der Waals surface area contributed by atoms with Crippen molar-refractivity contribution in [2.75, 3.05) is 11.6 Å². The first-order valence-corrected chi connectivity index (χ1v) is 5.95. The normalized spacial score (nSPS) is 11.3. The number of para-hydroxylation sites is 1. The molecule has 0 saturated carbocycles. The molecule has 0 unspecified atom stereocenters. The first-order chi connectivity index (χ1) is 9.78. The lowest BCUT2D eigenvalue weighted by Crippen LogP contribution is -2.17. The van der Waals surface area contributed by atoms with E-state index in [-0.39, 0.29) is 12.9 Å². The molecular formula is C15H13N3O. The van der Waals surface area contributed by atoms with Gasteiger partial charge in [0.1, 0.15) is 6.73 Å². The van der Waals surface area contributed by atoms with Crippen molar-refractivity contribution in [2.24, 2.45) is 0 Å². The van der Waals surface area contributed by atoms with E-state index in [1.165, 1.54) is 6.20 Å². The highest BCUT2D eigenvalue weighted by atomic mass is 16.3. The van der Waals surface area contributed by atoms with E-state index in [0.29, 0.717) is 5.52 Å². The van der Waals surface area contributed by atoms with Crippen molar-refractivity contribution in [1.29, 1.82) is 0 Å². The summed E-state index contributed by atoms with van der Waals surface area (Å²) in [7, 11) is 0. The van der Waals surface area contributed by atoms with E-state index in [1.807, 2.05) is 48.5 Å². The van der Waals surface area contributed by atoms with Crippen molar-refractivity contribution in [3.05, 3.63) is 60.9 Å². The maximum Gasteiger partial charge on any atom is 0.120 e. The Morgan fingerprint density at radius 2 is 1.84 bits per heavy atom. The molecular weight excluding hydrogens is 238 g/mol. The number of aliphatic hydroxyl groups is 1. The van der Waals surface area contributed by atoms with Gasteiger partial charge in [0.05, 0.1) is 12.4 Å². The molecule has 19 heavy (non-hydrogen) atoms. The van der Waals surface area contributed by atoms with Gasteiger partial charge in [-0.1, -0.05) is 18.2 Å². The molecule has 4 nitrogen and oxygen atoms in total. The van der Waals surface area contributed by atoms with Crippen molar-refractivity contribution in [3.63, 3.8) is 0 Å². The number of fused-ring (bicyclic) bond motifs is 1. The molecule has 3 rings (SSSR count). The van der Waals surface area contributed by atoms with Crippen molar-refractivity contribution >= 4 is 22.4 Å². The SMILES string of the molecule is [2H]c1cnc2ccc(N(CO)c3ccccc3)cc2n1. The van der Waals surface area contributed by atoms with E-state index in [9.17, 15) is 5.11 Å². The molecule has 0 saturated heterocycles. The molecule has 1 N–H and O–H groups in total. The van der Waals surface area contributed by atoms with Crippen LogP contribution in [0.3, 0.4) is 0 Å². The zero-order chi connectivity index (χ0) is 13.9. The standard InChI is InChI=1S/C15H13N3O/c19-11-18(12-4-2-1-3-5-12)13-6-7-14-15(10-13)17-9-8-16-14/h1-10,19H,11H2/i9D. The zero-order valence-electron chi connectivity index (χ0n) is 11.2. The van der Waals surface area contributed by atoms with Gasteiger partial charge < -0.3 is 10.0 Å². The number of hydrogen-bond acceptors (Lipinski definition) is 4. The van der Waals surface area contributed by atoms with E-state index >= 15 is 0 Å². The predicted molar refractivity (Wildman–Crippen MR) is 75.2 cm³/mol. The zero-order valence-corrected chi connectivity index (χ0v) is 10.2. The molecule has 3 aromatic rings. The molecule has 94 valence electrons. The Labute approximate surface area is 112 Å². The van der Waals surface area contributed by atoms with Gasteiger partial charge in [0.2, 0.25) is 0 Å². The molecule has 0 atom stereocenters. The molecule has 1 aromatic heterocycles. The Hall–Kier alpha value is -2.46. The maximum atomic E-state index is 9.61. The van der Waals surface area contributed by atoms with Crippen molar-refractivity contribution < 1.29 is 6.48 Å². The minimum atomic E-state index is -0.135. The lowest BCUT2D eigenvalue weighted by molar-refractivity contribution is 0.305. The largest absolute Gasteiger partial charge is 0.376 e. The van der Waals surface area contributed by atoms with Gasteiger partial charge in [0.25, 0.3) is 0 Å². The summed E-state index contributed by atoms with van der Waals surface area (Å²) in [5.41, 5.74) is 3.08. The number of rotatable bonds is 3. The summed E-state index contributed by atoms with van der Waals surface area (Å²) in [6.45, 7) is -0.135. The summed E-state index contributed by atoms with van der Waals surface area (Å²) < 4.78 is 7.53. The van der Waals surface area contributed by atoms with Crippen LogP contribution in [-0.2, 0) is 0 Å². The van der Waals surface area contributed by atoms with Gasteiger partial charge in [-0.2, -0.15) is 0 Å². The second-order valence-electron chi connectivity index (χ2n) is 4.08. The van der Waals surface area contributed by atoms with Crippen LogP contribution in [0.1, 0.15) is 1.37 Å². The van der Waals surface area contributed by atoms with Crippen LogP contribution in [-0.4, -0.2) is 21.8 Å². The third kappa shape index (κ3) is 2.26. The third-order valence-electron chi connectivity index (χ3n) is 2.93. The third-order valence-corrected chi connectivity index (χ3v) is 2.93. The Bertz CT molecular complexity index is 734. The molecule has 0 fully saturated rings. The molecule has 1 heterocycles. The summed E-state index contributed by atoms with van der Waals surface area (Å²) in [6.07, 6.45) is 1.55. The minimum absolute atomic E-state index is 0.130. The van der Waals surface area contributed by atoms with Gasteiger partial charge in [-0.3, -0.25) is 9.97 Å². The average Bonchev–Trinajstić information content (AvgIpc) is 2.49. The van der Waals surface area contributed by atoms with Crippen LogP contribution in [0.25, 0.3) is 11.0 Å². The second-order valence-corrected chi connectivity index (χ2v) is 4.08. The van der Waals surface area contributed by atoms with Crippen LogP contribution in [0.15, 0.2) is 60.9 Å². The molecule has 0 radical (unpaired) electrons. The fourth-order valence-corrected chi connectivity index (χ4v) is 2.00. The minimum Gasteiger partial charge on any atom is -0.376 e. The van der Waals surface area contributed by atoms with E-state index in [4.69, 9.17) is 1.37 Å². The van der Waals surface area contributed by atoms with Crippen molar-refractivity contribution in [3.8, 4) is 0 Å². The monoisotopic (exact) mass is 252 g/mol. The van der Waals surface area contributed by atoms with Crippen molar-refractivity contribution in [1.82, 2.24) is 9.97 Å². The van der Waals surface area contributed by atoms with E-state index < -0.39 is 0 Å².